The first-order valence-electron chi connectivity index (χ1n) is 12.5. The second-order valence-electron chi connectivity index (χ2n) is 9.26. The van der Waals surface area contributed by atoms with Crippen molar-refractivity contribution in [3.63, 3.8) is 0 Å². The number of ether oxygens (including phenoxy) is 1. The van der Waals surface area contributed by atoms with Crippen molar-refractivity contribution in [3.8, 4) is 17.0 Å². The Bertz CT molecular complexity index is 1360. The van der Waals surface area contributed by atoms with Gasteiger partial charge in [-0.05, 0) is 44.7 Å². The average molecular weight is 513 g/mol. The summed E-state index contributed by atoms with van der Waals surface area (Å²) in [6.45, 7) is 2.28. The summed E-state index contributed by atoms with van der Waals surface area (Å²) in [7, 11) is 0. The standard InChI is InChI=1S/C26H30F2N6O3/c1-2-29-25-10-23-21(12-30-25)26(16-11-31-33(13-16)19(14-35)15-36)32-34(23)18-4-6-20(7-5-18)37-24-8-3-17(27)9-22(24)28/h3,8-13,18-20,35-36H,2,4-7,14-15H2,1H3,(H,29,30)/t18-,20+. The highest BCUT2D eigenvalue weighted by molar-refractivity contribution is 5.93. The number of fused-ring (bicyclic) bond motifs is 1. The van der Waals surface area contributed by atoms with E-state index >= 15 is 0 Å². The molecule has 4 aromatic rings. The van der Waals surface area contributed by atoms with Crippen molar-refractivity contribution in [1.29, 1.82) is 0 Å². The minimum Gasteiger partial charge on any atom is -0.487 e. The number of hydrogen-bond donors (Lipinski definition) is 3. The number of hydrogen-bond acceptors (Lipinski definition) is 7. The molecule has 3 aromatic heterocycles. The van der Waals surface area contributed by atoms with Crippen molar-refractivity contribution in [1.82, 2.24) is 24.5 Å². The lowest BCUT2D eigenvalue weighted by atomic mass is 9.93. The zero-order valence-corrected chi connectivity index (χ0v) is 20.5. The largest absolute Gasteiger partial charge is 0.487 e. The molecule has 3 N–H and O–H groups in total. The SMILES string of the molecule is CCNc1cc2c(cn1)c(-c1cnn(C(CO)CO)c1)nn2[C@H]1CC[C@@H](Oc2ccc(F)cc2F)CC1. The fraction of sp³-hybridized carbons (Fsp3) is 0.423. The van der Waals surface area contributed by atoms with Crippen molar-refractivity contribution < 1.29 is 23.7 Å². The van der Waals surface area contributed by atoms with Crippen molar-refractivity contribution in [2.24, 2.45) is 0 Å². The molecule has 0 saturated heterocycles. The van der Waals surface area contributed by atoms with Crippen LogP contribution in [0.2, 0.25) is 0 Å². The van der Waals surface area contributed by atoms with E-state index in [1.165, 1.54) is 16.8 Å². The number of anilines is 1. The molecule has 3 heterocycles. The third-order valence-electron chi connectivity index (χ3n) is 6.80. The van der Waals surface area contributed by atoms with Gasteiger partial charge in [0.1, 0.15) is 17.3 Å². The van der Waals surface area contributed by atoms with E-state index in [2.05, 4.69) is 15.4 Å². The lowest BCUT2D eigenvalue weighted by Gasteiger charge is -2.29. The maximum atomic E-state index is 14.1. The number of nitrogens with one attached hydrogen (secondary N) is 1. The number of pyridine rings is 1. The number of nitrogens with zero attached hydrogens (tertiary/aromatic N) is 5. The molecule has 0 unspecified atom stereocenters. The van der Waals surface area contributed by atoms with E-state index in [0.29, 0.717) is 12.8 Å². The summed E-state index contributed by atoms with van der Waals surface area (Å²) >= 11 is 0. The molecule has 11 heteroatoms. The van der Waals surface area contributed by atoms with Gasteiger partial charge in [-0.1, -0.05) is 0 Å². The second-order valence-corrected chi connectivity index (χ2v) is 9.26. The molecule has 0 aliphatic heterocycles. The molecule has 0 spiro atoms. The van der Waals surface area contributed by atoms with Crippen molar-refractivity contribution in [2.45, 2.75) is 50.8 Å². The Balaban J connectivity index is 1.41. The van der Waals surface area contributed by atoms with E-state index < -0.39 is 17.7 Å². The number of benzene rings is 1. The van der Waals surface area contributed by atoms with Crippen LogP contribution in [0.1, 0.15) is 44.7 Å². The molecule has 0 atom stereocenters. The lowest BCUT2D eigenvalue weighted by Crippen LogP contribution is -2.26. The van der Waals surface area contributed by atoms with Crippen LogP contribution in [0.5, 0.6) is 5.75 Å². The highest BCUT2D eigenvalue weighted by Gasteiger charge is 2.28. The maximum Gasteiger partial charge on any atom is 0.167 e. The van der Waals surface area contributed by atoms with E-state index in [1.54, 1.807) is 18.6 Å². The van der Waals surface area contributed by atoms with Gasteiger partial charge in [0, 0.05) is 42.0 Å². The van der Waals surface area contributed by atoms with E-state index in [1.807, 2.05) is 17.7 Å². The summed E-state index contributed by atoms with van der Waals surface area (Å²) in [6.07, 6.45) is 8.03. The number of aliphatic hydroxyl groups excluding tert-OH is 2. The van der Waals surface area contributed by atoms with Gasteiger partial charge >= 0.3 is 0 Å². The molecular weight excluding hydrogens is 482 g/mol. The normalized spacial score (nSPS) is 18.0. The molecule has 37 heavy (non-hydrogen) atoms. The number of aromatic nitrogens is 5. The van der Waals surface area contributed by atoms with E-state index in [0.717, 1.165) is 53.4 Å². The van der Waals surface area contributed by atoms with E-state index in [4.69, 9.17) is 9.84 Å². The van der Waals surface area contributed by atoms with Gasteiger partial charge in [-0.3, -0.25) is 9.36 Å². The average Bonchev–Trinajstić information content (AvgIpc) is 3.52. The van der Waals surface area contributed by atoms with Crippen LogP contribution in [0, 0.1) is 11.6 Å². The third kappa shape index (κ3) is 5.14. The molecule has 1 aromatic carbocycles. The first-order chi connectivity index (χ1) is 18.0. The van der Waals surface area contributed by atoms with E-state index in [9.17, 15) is 19.0 Å². The molecule has 1 saturated carbocycles. The number of aliphatic hydroxyl groups is 2. The minimum atomic E-state index is -0.696. The predicted molar refractivity (Wildman–Crippen MR) is 134 cm³/mol. The Labute approximate surface area is 212 Å². The first kappa shape index (κ1) is 25.1. The van der Waals surface area contributed by atoms with Gasteiger partial charge < -0.3 is 20.3 Å². The minimum absolute atomic E-state index is 0.0686. The van der Waals surface area contributed by atoms with Crippen molar-refractivity contribution in [3.05, 3.63) is 54.5 Å². The van der Waals surface area contributed by atoms with Crippen LogP contribution >= 0.6 is 0 Å². The summed E-state index contributed by atoms with van der Waals surface area (Å²) < 4.78 is 36.7. The molecule has 0 radical (unpaired) electrons. The highest BCUT2D eigenvalue weighted by atomic mass is 19.1. The summed E-state index contributed by atoms with van der Waals surface area (Å²) in [6, 6.07) is 4.92. The van der Waals surface area contributed by atoms with Gasteiger partial charge in [-0.15, -0.1) is 0 Å². The van der Waals surface area contributed by atoms with Gasteiger partial charge in [0.05, 0.1) is 43.1 Å². The second kappa shape index (κ2) is 10.8. The molecule has 1 fully saturated rings. The Hall–Kier alpha value is -3.57. The zero-order valence-electron chi connectivity index (χ0n) is 20.5. The Morgan fingerprint density at radius 2 is 1.89 bits per heavy atom. The predicted octanol–water partition coefficient (Wildman–Crippen LogP) is 4.09. The molecule has 9 nitrogen and oxygen atoms in total. The van der Waals surface area contributed by atoms with Gasteiger partial charge in [0.25, 0.3) is 0 Å². The quantitative estimate of drug-likeness (QED) is 0.310. The van der Waals surface area contributed by atoms with Crippen molar-refractivity contribution >= 4 is 16.7 Å². The molecule has 1 aliphatic rings. The topological polar surface area (TPSA) is 110 Å². The summed E-state index contributed by atoms with van der Waals surface area (Å²) in [5, 5.41) is 32.5. The fourth-order valence-corrected chi connectivity index (χ4v) is 4.84. The van der Waals surface area contributed by atoms with Crippen LogP contribution in [0.3, 0.4) is 0 Å². The van der Waals surface area contributed by atoms with E-state index in [-0.39, 0.29) is 31.1 Å². The van der Waals surface area contributed by atoms with Crippen LogP contribution in [0.25, 0.3) is 22.2 Å². The molecule has 0 amide bonds. The van der Waals surface area contributed by atoms with Crippen LogP contribution in [0.15, 0.2) is 42.9 Å². The maximum absolute atomic E-state index is 14.1. The highest BCUT2D eigenvalue weighted by Crippen LogP contribution is 2.37. The fourth-order valence-electron chi connectivity index (χ4n) is 4.84. The van der Waals surface area contributed by atoms with Gasteiger partial charge in [-0.25, -0.2) is 13.8 Å². The van der Waals surface area contributed by atoms with Crippen molar-refractivity contribution in [2.75, 3.05) is 25.1 Å². The van der Waals surface area contributed by atoms with Crippen LogP contribution in [-0.4, -0.2) is 60.6 Å². The van der Waals surface area contributed by atoms with Gasteiger partial charge in [0.2, 0.25) is 0 Å². The van der Waals surface area contributed by atoms with Crippen LogP contribution in [-0.2, 0) is 0 Å². The lowest BCUT2D eigenvalue weighted by molar-refractivity contribution is 0.126. The van der Waals surface area contributed by atoms with Crippen LogP contribution in [0.4, 0.5) is 14.6 Å². The summed E-state index contributed by atoms with van der Waals surface area (Å²) in [5.41, 5.74) is 2.42. The molecule has 5 rings (SSSR count). The molecular formula is C26H30F2N6O3. The number of rotatable bonds is 9. The Kier molecular flexibility index (Phi) is 7.33. The van der Waals surface area contributed by atoms with Gasteiger partial charge in [-0.2, -0.15) is 10.2 Å². The van der Waals surface area contributed by atoms with Gasteiger partial charge in [0.15, 0.2) is 11.6 Å². The third-order valence-corrected chi connectivity index (χ3v) is 6.80. The smallest absolute Gasteiger partial charge is 0.167 e. The molecule has 0 bridgehead atoms. The monoisotopic (exact) mass is 512 g/mol. The summed E-state index contributed by atoms with van der Waals surface area (Å²) in [4.78, 5) is 4.53. The number of halogens is 2. The first-order valence-corrected chi connectivity index (χ1v) is 12.5. The Morgan fingerprint density at radius 3 is 2.59 bits per heavy atom. The molecule has 1 aliphatic carbocycles. The van der Waals surface area contributed by atoms with Crippen LogP contribution < -0.4 is 10.1 Å². The molecule has 196 valence electrons. The zero-order chi connectivity index (χ0) is 25.9. The Morgan fingerprint density at radius 1 is 1.11 bits per heavy atom. The summed E-state index contributed by atoms with van der Waals surface area (Å²) in [5.74, 6) is -0.504.